The maximum absolute atomic E-state index is 12.1. The number of aliphatic carboxylic acids is 1. The van der Waals surface area contributed by atoms with Gasteiger partial charge in [-0.05, 0) is 24.7 Å². The Labute approximate surface area is 136 Å². The molecule has 0 spiro atoms. The highest BCUT2D eigenvalue weighted by atomic mass is 16.7. The zero-order chi connectivity index (χ0) is 17.6. The Hall–Kier alpha value is -1.63. The summed E-state index contributed by atoms with van der Waals surface area (Å²) in [5, 5.41) is 8.99. The van der Waals surface area contributed by atoms with E-state index < -0.39 is 30.2 Å². The number of nitrogens with two attached hydrogens (primary N) is 1. The van der Waals surface area contributed by atoms with Gasteiger partial charge in [0, 0.05) is 13.3 Å². The smallest absolute Gasteiger partial charge is 0.326 e. The Kier molecular flexibility index (Phi) is 7.48. The molecule has 0 bridgehead atoms. The lowest BCUT2D eigenvalue weighted by atomic mass is 9.74. The molecule has 7 heteroatoms. The number of carboxylic acids is 1. The number of hydrogen-bond donors (Lipinski definition) is 2. The fourth-order valence-corrected chi connectivity index (χ4v) is 2.93. The minimum atomic E-state index is -1.01. The molecule has 1 rings (SSSR count). The summed E-state index contributed by atoms with van der Waals surface area (Å²) >= 11 is 0. The van der Waals surface area contributed by atoms with E-state index in [0.29, 0.717) is 6.42 Å². The van der Waals surface area contributed by atoms with Gasteiger partial charge in [0.2, 0.25) is 6.29 Å². The number of carboxylic acid groups (broad SMARTS) is 1. The van der Waals surface area contributed by atoms with Crippen molar-refractivity contribution in [3.63, 3.8) is 0 Å². The summed E-state index contributed by atoms with van der Waals surface area (Å²) in [6.07, 6.45) is 2.30. The lowest BCUT2D eigenvalue weighted by Gasteiger charge is -2.34. The second-order valence-electron chi connectivity index (χ2n) is 6.43. The molecule has 1 aliphatic carbocycles. The van der Waals surface area contributed by atoms with Crippen molar-refractivity contribution in [2.45, 2.75) is 65.2 Å². The van der Waals surface area contributed by atoms with Crippen LogP contribution in [0.3, 0.4) is 0 Å². The van der Waals surface area contributed by atoms with Crippen molar-refractivity contribution in [1.29, 1.82) is 0 Å². The molecule has 0 aromatic carbocycles. The van der Waals surface area contributed by atoms with Gasteiger partial charge in [0.05, 0.1) is 5.92 Å². The zero-order valence-corrected chi connectivity index (χ0v) is 14.0. The molecular weight excluding hydrogens is 302 g/mol. The van der Waals surface area contributed by atoms with E-state index in [2.05, 4.69) is 0 Å². The normalized spacial score (nSPS) is 23.9. The second kappa shape index (κ2) is 8.86. The van der Waals surface area contributed by atoms with Crippen molar-refractivity contribution in [1.82, 2.24) is 0 Å². The Balaban J connectivity index is 2.59. The Bertz CT molecular complexity index is 436. The van der Waals surface area contributed by atoms with Gasteiger partial charge in [0.15, 0.2) is 0 Å². The second-order valence-corrected chi connectivity index (χ2v) is 6.43. The predicted octanol–water partition coefficient (Wildman–Crippen LogP) is 1.68. The van der Waals surface area contributed by atoms with E-state index in [4.69, 9.17) is 20.3 Å². The van der Waals surface area contributed by atoms with Crippen LogP contribution in [-0.4, -0.2) is 35.3 Å². The molecular formula is C16H27NO6. The van der Waals surface area contributed by atoms with Crippen LogP contribution < -0.4 is 5.73 Å². The van der Waals surface area contributed by atoms with Crippen molar-refractivity contribution in [3.05, 3.63) is 0 Å². The van der Waals surface area contributed by atoms with Gasteiger partial charge in [0.25, 0.3) is 0 Å². The van der Waals surface area contributed by atoms with Gasteiger partial charge in [-0.1, -0.05) is 26.7 Å². The summed E-state index contributed by atoms with van der Waals surface area (Å²) in [6.45, 7) is 4.82. The lowest BCUT2D eigenvalue weighted by molar-refractivity contribution is -0.189. The van der Waals surface area contributed by atoms with Gasteiger partial charge >= 0.3 is 17.9 Å². The van der Waals surface area contributed by atoms with Crippen LogP contribution in [-0.2, 0) is 23.9 Å². The maximum atomic E-state index is 12.1. The highest BCUT2D eigenvalue weighted by molar-refractivity contribution is 5.77. The van der Waals surface area contributed by atoms with Crippen molar-refractivity contribution in [3.8, 4) is 0 Å². The molecule has 0 saturated heterocycles. The van der Waals surface area contributed by atoms with Crippen molar-refractivity contribution in [2.75, 3.05) is 0 Å². The first-order chi connectivity index (χ1) is 10.7. The number of carbonyl (C=O) groups excluding carboxylic acids is 2. The third-order valence-electron chi connectivity index (χ3n) is 4.17. The van der Waals surface area contributed by atoms with Crippen LogP contribution in [0.15, 0.2) is 0 Å². The largest absolute Gasteiger partial charge is 0.481 e. The SMILES string of the molecule is CC(OC(=O)C(C)C)OC(=O)C(N)C1CCCCC1CC(=O)O. The summed E-state index contributed by atoms with van der Waals surface area (Å²) in [6, 6.07) is -0.903. The van der Waals surface area contributed by atoms with Crippen LogP contribution >= 0.6 is 0 Å². The van der Waals surface area contributed by atoms with E-state index in [0.717, 1.165) is 19.3 Å². The van der Waals surface area contributed by atoms with Gasteiger partial charge in [-0.25, -0.2) is 0 Å². The summed E-state index contributed by atoms with van der Waals surface area (Å²) in [7, 11) is 0. The van der Waals surface area contributed by atoms with Gasteiger partial charge in [0.1, 0.15) is 6.04 Å². The van der Waals surface area contributed by atoms with Crippen LogP contribution in [0.2, 0.25) is 0 Å². The molecule has 4 atom stereocenters. The number of hydrogen-bond acceptors (Lipinski definition) is 6. The van der Waals surface area contributed by atoms with Crippen LogP contribution in [0, 0.1) is 17.8 Å². The fourth-order valence-electron chi connectivity index (χ4n) is 2.93. The number of esters is 2. The predicted molar refractivity (Wildman–Crippen MR) is 82.2 cm³/mol. The first-order valence-corrected chi connectivity index (χ1v) is 8.10. The molecule has 3 N–H and O–H groups in total. The Morgan fingerprint density at radius 3 is 2.22 bits per heavy atom. The molecule has 1 aliphatic rings. The number of rotatable bonds is 7. The molecule has 1 saturated carbocycles. The average molecular weight is 329 g/mol. The Morgan fingerprint density at radius 2 is 1.65 bits per heavy atom. The topological polar surface area (TPSA) is 116 Å². The average Bonchev–Trinajstić information content (AvgIpc) is 2.46. The molecule has 0 aromatic heterocycles. The Morgan fingerprint density at radius 1 is 1.09 bits per heavy atom. The molecule has 0 aliphatic heterocycles. The lowest BCUT2D eigenvalue weighted by Crippen LogP contribution is -2.45. The molecule has 0 radical (unpaired) electrons. The van der Waals surface area contributed by atoms with Crippen LogP contribution in [0.4, 0.5) is 0 Å². The van der Waals surface area contributed by atoms with E-state index in [1.165, 1.54) is 6.92 Å². The molecule has 1 fully saturated rings. The van der Waals surface area contributed by atoms with Gasteiger partial charge in [-0.3, -0.25) is 14.4 Å². The standard InChI is InChI=1S/C16H27NO6/c1-9(2)15(20)22-10(3)23-16(21)14(17)12-7-5-4-6-11(12)8-13(18)19/h9-12,14H,4-8,17H2,1-3H3,(H,18,19). The van der Waals surface area contributed by atoms with Gasteiger partial charge in [-0.15, -0.1) is 0 Å². The van der Waals surface area contributed by atoms with E-state index in [1.54, 1.807) is 13.8 Å². The van der Waals surface area contributed by atoms with Crippen LogP contribution in [0.25, 0.3) is 0 Å². The zero-order valence-electron chi connectivity index (χ0n) is 14.0. The first-order valence-electron chi connectivity index (χ1n) is 8.10. The molecule has 0 amide bonds. The third-order valence-corrected chi connectivity index (χ3v) is 4.17. The van der Waals surface area contributed by atoms with Crippen LogP contribution in [0.1, 0.15) is 52.9 Å². The molecule has 0 aromatic rings. The van der Waals surface area contributed by atoms with Crippen molar-refractivity contribution >= 4 is 17.9 Å². The molecule has 0 heterocycles. The molecule has 132 valence electrons. The van der Waals surface area contributed by atoms with Gasteiger partial charge in [-0.2, -0.15) is 0 Å². The van der Waals surface area contributed by atoms with Crippen LogP contribution in [0.5, 0.6) is 0 Å². The minimum absolute atomic E-state index is 0.00351. The van der Waals surface area contributed by atoms with E-state index in [1.807, 2.05) is 0 Å². The highest BCUT2D eigenvalue weighted by Crippen LogP contribution is 2.34. The fraction of sp³-hybridized carbons (Fsp3) is 0.812. The molecule has 4 unspecified atom stereocenters. The van der Waals surface area contributed by atoms with E-state index >= 15 is 0 Å². The third kappa shape index (κ3) is 6.17. The van der Waals surface area contributed by atoms with E-state index in [-0.39, 0.29) is 24.2 Å². The maximum Gasteiger partial charge on any atom is 0.326 e. The summed E-state index contributed by atoms with van der Waals surface area (Å²) in [5.74, 6) is -2.67. The van der Waals surface area contributed by atoms with Crippen molar-refractivity contribution < 1.29 is 29.0 Å². The molecule has 7 nitrogen and oxygen atoms in total. The summed E-state index contributed by atoms with van der Waals surface area (Å²) in [4.78, 5) is 34.6. The number of carbonyl (C=O) groups is 3. The highest BCUT2D eigenvalue weighted by Gasteiger charge is 2.36. The summed E-state index contributed by atoms with van der Waals surface area (Å²) < 4.78 is 10.1. The van der Waals surface area contributed by atoms with E-state index in [9.17, 15) is 14.4 Å². The minimum Gasteiger partial charge on any atom is -0.481 e. The molecule has 23 heavy (non-hydrogen) atoms. The first kappa shape index (κ1) is 19.4. The quantitative estimate of drug-likeness (QED) is 0.539. The summed E-state index contributed by atoms with van der Waals surface area (Å²) in [5.41, 5.74) is 5.99. The van der Waals surface area contributed by atoms with Gasteiger partial charge < -0.3 is 20.3 Å². The van der Waals surface area contributed by atoms with Crippen molar-refractivity contribution in [2.24, 2.45) is 23.5 Å². The number of ether oxygens (including phenoxy) is 2. The monoisotopic (exact) mass is 329 g/mol.